The van der Waals surface area contributed by atoms with Gasteiger partial charge in [0.2, 0.25) is 5.75 Å². The first-order valence-electron chi connectivity index (χ1n) is 11.0. The summed E-state index contributed by atoms with van der Waals surface area (Å²) in [4.78, 5) is 37.1. The number of hydrogen-bond donors (Lipinski definition) is 3. The van der Waals surface area contributed by atoms with E-state index in [0.717, 1.165) is 0 Å². The van der Waals surface area contributed by atoms with Crippen molar-refractivity contribution in [1.82, 2.24) is 16.2 Å². The van der Waals surface area contributed by atoms with E-state index in [1.54, 1.807) is 19.9 Å². The summed E-state index contributed by atoms with van der Waals surface area (Å²) in [6.07, 6.45) is 0. The number of methoxy groups -OCH3 is 2. The highest BCUT2D eigenvalue weighted by molar-refractivity contribution is 5.98. The Morgan fingerprint density at radius 2 is 1.26 bits per heavy atom. The summed E-state index contributed by atoms with van der Waals surface area (Å²) in [6.45, 7) is 6.16. The largest absolute Gasteiger partial charge is 0.493 e. The van der Waals surface area contributed by atoms with Gasteiger partial charge in [0.15, 0.2) is 23.0 Å². The molecule has 0 aliphatic heterocycles. The second-order valence-electron chi connectivity index (χ2n) is 6.86. The summed E-state index contributed by atoms with van der Waals surface area (Å²) < 4.78 is 27.1. The van der Waals surface area contributed by atoms with Crippen molar-refractivity contribution >= 4 is 17.7 Å². The maximum Gasteiger partial charge on any atom is 0.269 e. The summed E-state index contributed by atoms with van der Waals surface area (Å²) in [6, 6.07) is 7.60. The molecule has 2 aromatic rings. The van der Waals surface area contributed by atoms with Gasteiger partial charge in [-0.2, -0.15) is 0 Å². The van der Waals surface area contributed by atoms with E-state index in [-0.39, 0.29) is 17.7 Å². The summed E-state index contributed by atoms with van der Waals surface area (Å²) in [5.74, 6) is 0.209. The molecule has 2 rings (SSSR count). The van der Waals surface area contributed by atoms with Crippen LogP contribution in [-0.2, 0) is 4.79 Å². The molecule has 190 valence electrons. The molecule has 0 heterocycles. The Kier molecular flexibility index (Phi) is 10.5. The maximum absolute atomic E-state index is 12.6. The summed E-state index contributed by atoms with van der Waals surface area (Å²) in [5, 5.41) is 2.47. The third kappa shape index (κ3) is 7.42. The van der Waals surface area contributed by atoms with Crippen LogP contribution in [0.2, 0.25) is 0 Å². The van der Waals surface area contributed by atoms with Crippen molar-refractivity contribution in [3.63, 3.8) is 0 Å². The van der Waals surface area contributed by atoms with Crippen molar-refractivity contribution in [1.29, 1.82) is 0 Å². The second-order valence-corrected chi connectivity index (χ2v) is 6.86. The Labute approximate surface area is 204 Å². The van der Waals surface area contributed by atoms with Crippen LogP contribution in [0.1, 0.15) is 41.5 Å². The van der Waals surface area contributed by atoms with E-state index in [1.165, 1.54) is 38.5 Å². The van der Waals surface area contributed by atoms with Crippen molar-refractivity contribution in [3.05, 3.63) is 41.5 Å². The molecule has 0 radical (unpaired) electrons. The van der Waals surface area contributed by atoms with Gasteiger partial charge in [0, 0.05) is 11.1 Å². The third-order valence-corrected chi connectivity index (χ3v) is 4.54. The zero-order valence-corrected chi connectivity index (χ0v) is 20.5. The Bertz CT molecular complexity index is 1010. The number of hydrogen-bond acceptors (Lipinski definition) is 8. The molecule has 0 saturated heterocycles. The van der Waals surface area contributed by atoms with Crippen molar-refractivity contribution in [2.75, 3.05) is 40.6 Å². The first kappa shape index (κ1) is 27.1. The number of rotatable bonds is 12. The highest BCUT2D eigenvalue weighted by Gasteiger charge is 2.19. The van der Waals surface area contributed by atoms with Crippen LogP contribution in [0.4, 0.5) is 0 Å². The molecule has 3 amide bonds. The molecule has 11 heteroatoms. The second kappa shape index (κ2) is 13.5. The van der Waals surface area contributed by atoms with Gasteiger partial charge in [-0.15, -0.1) is 0 Å². The van der Waals surface area contributed by atoms with Gasteiger partial charge in [-0.1, -0.05) is 0 Å². The van der Waals surface area contributed by atoms with E-state index in [9.17, 15) is 14.4 Å². The number of carbonyl (C=O) groups excluding carboxylic acids is 3. The molecule has 0 spiro atoms. The van der Waals surface area contributed by atoms with Crippen LogP contribution in [0.15, 0.2) is 30.3 Å². The van der Waals surface area contributed by atoms with Crippen molar-refractivity contribution in [3.8, 4) is 28.7 Å². The minimum atomic E-state index is -0.631. The Morgan fingerprint density at radius 3 is 1.80 bits per heavy atom. The molecule has 0 aliphatic rings. The fourth-order valence-electron chi connectivity index (χ4n) is 3.00. The fourth-order valence-corrected chi connectivity index (χ4v) is 3.00. The molecule has 35 heavy (non-hydrogen) atoms. The number of carbonyl (C=O) groups is 3. The smallest absolute Gasteiger partial charge is 0.269 e. The molecule has 0 saturated carbocycles. The zero-order valence-electron chi connectivity index (χ0n) is 20.5. The van der Waals surface area contributed by atoms with Crippen LogP contribution in [0.5, 0.6) is 28.7 Å². The van der Waals surface area contributed by atoms with E-state index in [2.05, 4.69) is 16.2 Å². The molecule has 3 N–H and O–H groups in total. The number of hydrazine groups is 1. The van der Waals surface area contributed by atoms with E-state index in [1.807, 2.05) is 6.92 Å². The van der Waals surface area contributed by atoms with Gasteiger partial charge in [-0.25, -0.2) is 0 Å². The van der Waals surface area contributed by atoms with Crippen LogP contribution in [0.25, 0.3) is 0 Å². The summed E-state index contributed by atoms with van der Waals surface area (Å²) in [5.41, 5.74) is 5.04. The lowest BCUT2D eigenvalue weighted by Gasteiger charge is -2.17. The van der Waals surface area contributed by atoms with Gasteiger partial charge >= 0.3 is 0 Å². The van der Waals surface area contributed by atoms with E-state index < -0.39 is 17.7 Å². The van der Waals surface area contributed by atoms with Gasteiger partial charge in [-0.05, 0) is 51.1 Å². The highest BCUT2D eigenvalue weighted by atomic mass is 16.5. The molecule has 0 unspecified atom stereocenters. The average molecular weight is 490 g/mol. The normalized spacial score (nSPS) is 10.1. The average Bonchev–Trinajstić information content (AvgIpc) is 2.87. The fraction of sp³-hybridized carbons (Fsp3) is 0.375. The van der Waals surface area contributed by atoms with Crippen LogP contribution in [0, 0.1) is 0 Å². The van der Waals surface area contributed by atoms with Gasteiger partial charge in [0.05, 0.1) is 40.6 Å². The highest BCUT2D eigenvalue weighted by Crippen LogP contribution is 2.39. The number of amides is 3. The van der Waals surface area contributed by atoms with Crippen LogP contribution < -0.4 is 39.9 Å². The van der Waals surface area contributed by atoms with Gasteiger partial charge < -0.3 is 29.0 Å². The number of nitrogens with one attached hydrogen (secondary N) is 3. The van der Waals surface area contributed by atoms with E-state index in [0.29, 0.717) is 48.6 Å². The minimum Gasteiger partial charge on any atom is -0.493 e. The molecule has 0 aliphatic carbocycles. The first-order valence-corrected chi connectivity index (χ1v) is 11.0. The van der Waals surface area contributed by atoms with E-state index in [4.69, 9.17) is 23.7 Å². The molecule has 0 bridgehead atoms. The lowest BCUT2D eigenvalue weighted by atomic mass is 10.1. The van der Waals surface area contributed by atoms with E-state index >= 15 is 0 Å². The summed E-state index contributed by atoms with van der Waals surface area (Å²) in [7, 11) is 2.94. The topological polar surface area (TPSA) is 133 Å². The predicted octanol–water partition coefficient (Wildman–Crippen LogP) is 2.09. The Hall–Kier alpha value is -4.15. The third-order valence-electron chi connectivity index (χ3n) is 4.54. The quantitative estimate of drug-likeness (QED) is 0.386. The molecular weight excluding hydrogens is 458 g/mol. The summed E-state index contributed by atoms with van der Waals surface area (Å²) >= 11 is 0. The molecule has 0 fully saturated rings. The van der Waals surface area contributed by atoms with Gasteiger partial charge in [-0.3, -0.25) is 25.2 Å². The van der Waals surface area contributed by atoms with Crippen LogP contribution in [-0.4, -0.2) is 58.3 Å². The van der Waals surface area contributed by atoms with Crippen molar-refractivity contribution in [2.45, 2.75) is 20.8 Å². The Morgan fingerprint density at radius 1 is 0.686 bits per heavy atom. The first-order chi connectivity index (χ1) is 16.9. The number of benzene rings is 2. The van der Waals surface area contributed by atoms with Gasteiger partial charge in [0.25, 0.3) is 17.7 Å². The maximum atomic E-state index is 12.6. The zero-order chi connectivity index (χ0) is 25.8. The lowest BCUT2D eigenvalue weighted by molar-refractivity contribution is -0.120. The Balaban J connectivity index is 2.00. The monoisotopic (exact) mass is 489 g/mol. The number of ether oxygens (including phenoxy) is 5. The standard InChI is InChI=1S/C24H31N3O8/c1-6-33-19-12-16(13-20(34-7-2)22(19)35-8-3)24(30)27-26-21(28)14-25-23(29)15-9-10-17(31-4)18(11-15)32-5/h9-13H,6-8,14H2,1-5H3,(H,25,29)(H,26,28)(H,27,30). The molecular formula is C24H31N3O8. The molecule has 0 atom stereocenters. The van der Waals surface area contributed by atoms with Crippen molar-refractivity contribution in [2.24, 2.45) is 0 Å². The van der Waals surface area contributed by atoms with Crippen LogP contribution >= 0.6 is 0 Å². The van der Waals surface area contributed by atoms with Crippen LogP contribution in [0.3, 0.4) is 0 Å². The SMILES string of the molecule is CCOc1cc(C(=O)NNC(=O)CNC(=O)c2ccc(OC)c(OC)c2)cc(OCC)c1OCC. The lowest BCUT2D eigenvalue weighted by Crippen LogP contribution is -2.46. The molecule has 0 aromatic heterocycles. The predicted molar refractivity (Wildman–Crippen MR) is 127 cm³/mol. The molecule has 11 nitrogen and oxygen atoms in total. The minimum absolute atomic E-state index is 0.190. The van der Waals surface area contributed by atoms with Crippen molar-refractivity contribution < 1.29 is 38.1 Å². The van der Waals surface area contributed by atoms with Gasteiger partial charge in [0.1, 0.15) is 0 Å². The molecule has 2 aromatic carbocycles.